The van der Waals surface area contributed by atoms with E-state index in [1.807, 2.05) is 0 Å². The predicted octanol–water partition coefficient (Wildman–Crippen LogP) is 4.02. The average Bonchev–Trinajstić information content (AvgIpc) is 2.98. The number of nitrogens with two attached hydrogens (primary N) is 1. The molecule has 0 aliphatic heterocycles. The summed E-state index contributed by atoms with van der Waals surface area (Å²) in [6.45, 7) is 0. The molecule has 2 aromatic heterocycles. The Morgan fingerprint density at radius 1 is 1.21 bits per heavy atom. The zero-order valence-electron chi connectivity index (χ0n) is 9.68. The third kappa shape index (κ3) is 2.20. The van der Waals surface area contributed by atoms with Crippen LogP contribution in [0.5, 0.6) is 0 Å². The maximum Gasteiger partial charge on any atom is 0.156 e. The van der Waals surface area contributed by atoms with E-state index in [0.29, 0.717) is 32.9 Å². The minimum atomic E-state index is 0.501. The highest BCUT2D eigenvalue weighted by Gasteiger charge is 2.13. The zero-order chi connectivity index (χ0) is 13.4. The van der Waals surface area contributed by atoms with Crippen molar-refractivity contribution < 1.29 is 4.42 Å². The quantitative estimate of drug-likeness (QED) is 0.776. The number of aromatic nitrogens is 2. The third-order valence-electron chi connectivity index (χ3n) is 2.65. The van der Waals surface area contributed by atoms with Crippen molar-refractivity contribution in [2.45, 2.75) is 0 Å². The SMILES string of the molecule is Nc1cn(-c2ccc(Cl)cc2Cl)nc1-c1ccco1. The summed E-state index contributed by atoms with van der Waals surface area (Å²) in [4.78, 5) is 0. The summed E-state index contributed by atoms with van der Waals surface area (Å²) < 4.78 is 6.89. The molecule has 0 unspecified atom stereocenters. The van der Waals surface area contributed by atoms with Gasteiger partial charge in [0.05, 0.1) is 28.9 Å². The van der Waals surface area contributed by atoms with E-state index in [9.17, 15) is 0 Å². The van der Waals surface area contributed by atoms with E-state index in [-0.39, 0.29) is 0 Å². The van der Waals surface area contributed by atoms with Gasteiger partial charge in [0.2, 0.25) is 0 Å². The van der Waals surface area contributed by atoms with Crippen molar-refractivity contribution in [3.8, 4) is 17.1 Å². The fraction of sp³-hybridized carbons (Fsp3) is 0. The predicted molar refractivity (Wildman–Crippen MR) is 75.7 cm³/mol. The van der Waals surface area contributed by atoms with Crippen LogP contribution >= 0.6 is 23.2 Å². The van der Waals surface area contributed by atoms with Gasteiger partial charge in [-0.05, 0) is 30.3 Å². The number of furan rings is 1. The second-order valence-electron chi connectivity index (χ2n) is 3.95. The van der Waals surface area contributed by atoms with Gasteiger partial charge in [-0.15, -0.1) is 0 Å². The molecule has 0 spiro atoms. The molecule has 0 atom stereocenters. The Hall–Kier alpha value is -1.91. The summed E-state index contributed by atoms with van der Waals surface area (Å²) in [6.07, 6.45) is 3.26. The van der Waals surface area contributed by atoms with Gasteiger partial charge in [0.15, 0.2) is 11.5 Å². The van der Waals surface area contributed by atoms with Crippen LogP contribution in [-0.4, -0.2) is 9.78 Å². The van der Waals surface area contributed by atoms with E-state index in [0.717, 1.165) is 0 Å². The van der Waals surface area contributed by atoms with E-state index >= 15 is 0 Å². The first-order valence-electron chi connectivity index (χ1n) is 5.49. The molecule has 6 heteroatoms. The minimum Gasteiger partial charge on any atom is -0.463 e. The molecule has 0 saturated heterocycles. The lowest BCUT2D eigenvalue weighted by Crippen LogP contribution is -1.95. The van der Waals surface area contributed by atoms with Gasteiger partial charge in [0.1, 0.15) is 0 Å². The van der Waals surface area contributed by atoms with E-state index in [1.54, 1.807) is 47.5 Å². The zero-order valence-corrected chi connectivity index (χ0v) is 11.2. The molecular formula is C13H9Cl2N3O. The second-order valence-corrected chi connectivity index (χ2v) is 4.79. The molecule has 0 fully saturated rings. The van der Waals surface area contributed by atoms with Crippen molar-refractivity contribution in [1.29, 1.82) is 0 Å². The van der Waals surface area contributed by atoms with E-state index < -0.39 is 0 Å². The number of nitrogen functional groups attached to an aromatic ring is 1. The maximum atomic E-state index is 6.14. The van der Waals surface area contributed by atoms with Gasteiger partial charge in [0.25, 0.3) is 0 Å². The summed E-state index contributed by atoms with van der Waals surface area (Å²) in [6, 6.07) is 8.76. The van der Waals surface area contributed by atoms with Crippen molar-refractivity contribution in [3.05, 3.63) is 52.8 Å². The monoisotopic (exact) mass is 293 g/mol. The van der Waals surface area contributed by atoms with Gasteiger partial charge < -0.3 is 10.2 Å². The molecule has 3 rings (SSSR count). The Labute approximate surface area is 119 Å². The van der Waals surface area contributed by atoms with Gasteiger partial charge in [-0.3, -0.25) is 0 Å². The van der Waals surface area contributed by atoms with Gasteiger partial charge in [-0.1, -0.05) is 23.2 Å². The van der Waals surface area contributed by atoms with Crippen molar-refractivity contribution in [1.82, 2.24) is 9.78 Å². The molecule has 0 saturated carbocycles. The van der Waals surface area contributed by atoms with Crippen LogP contribution in [0, 0.1) is 0 Å². The second kappa shape index (κ2) is 4.64. The highest BCUT2D eigenvalue weighted by molar-refractivity contribution is 6.35. The number of hydrogen-bond donors (Lipinski definition) is 1. The molecule has 96 valence electrons. The molecule has 3 aromatic rings. The average molecular weight is 294 g/mol. The normalized spacial score (nSPS) is 10.8. The number of benzene rings is 1. The van der Waals surface area contributed by atoms with Crippen LogP contribution in [-0.2, 0) is 0 Å². The minimum absolute atomic E-state index is 0.501. The fourth-order valence-electron chi connectivity index (χ4n) is 1.78. The Bertz CT molecular complexity index is 720. The van der Waals surface area contributed by atoms with Crippen LogP contribution in [0.25, 0.3) is 17.1 Å². The molecule has 4 nitrogen and oxygen atoms in total. The maximum absolute atomic E-state index is 6.14. The Morgan fingerprint density at radius 2 is 2.05 bits per heavy atom. The van der Waals surface area contributed by atoms with Crippen molar-refractivity contribution in [2.75, 3.05) is 5.73 Å². The van der Waals surface area contributed by atoms with E-state index in [2.05, 4.69) is 5.10 Å². The first-order chi connectivity index (χ1) is 9.15. The summed E-state index contributed by atoms with van der Waals surface area (Å²) >= 11 is 12.0. The third-order valence-corrected chi connectivity index (χ3v) is 3.19. The molecule has 0 bridgehead atoms. The van der Waals surface area contributed by atoms with Gasteiger partial charge in [-0.2, -0.15) is 5.10 Å². The lowest BCUT2D eigenvalue weighted by Gasteiger charge is -2.03. The number of rotatable bonds is 2. The molecule has 0 amide bonds. The van der Waals surface area contributed by atoms with Crippen LogP contribution in [0.3, 0.4) is 0 Å². The van der Waals surface area contributed by atoms with Gasteiger partial charge in [0, 0.05) is 5.02 Å². The topological polar surface area (TPSA) is 57.0 Å². The molecule has 0 aliphatic rings. The first-order valence-corrected chi connectivity index (χ1v) is 6.25. The molecule has 19 heavy (non-hydrogen) atoms. The fourth-order valence-corrected chi connectivity index (χ4v) is 2.28. The Morgan fingerprint density at radius 3 is 2.74 bits per heavy atom. The summed E-state index contributed by atoms with van der Waals surface area (Å²) in [7, 11) is 0. The van der Waals surface area contributed by atoms with Gasteiger partial charge in [-0.25, -0.2) is 4.68 Å². The first kappa shape index (κ1) is 12.1. The Balaban J connectivity index is 2.10. The molecule has 2 heterocycles. The van der Waals surface area contributed by atoms with E-state index in [4.69, 9.17) is 33.4 Å². The molecule has 0 aliphatic carbocycles. The van der Waals surface area contributed by atoms with Crippen LogP contribution in [0.15, 0.2) is 47.2 Å². The van der Waals surface area contributed by atoms with Crippen LogP contribution in [0.2, 0.25) is 10.0 Å². The molecular weight excluding hydrogens is 285 g/mol. The Kier molecular flexibility index (Phi) is 2.97. The number of halogens is 2. The number of hydrogen-bond acceptors (Lipinski definition) is 3. The van der Waals surface area contributed by atoms with Crippen molar-refractivity contribution in [2.24, 2.45) is 0 Å². The molecule has 0 radical (unpaired) electrons. The summed E-state index contributed by atoms with van der Waals surface area (Å²) in [5, 5.41) is 5.45. The number of anilines is 1. The van der Waals surface area contributed by atoms with Crippen LogP contribution in [0.1, 0.15) is 0 Å². The van der Waals surface area contributed by atoms with Crippen molar-refractivity contribution in [3.63, 3.8) is 0 Å². The van der Waals surface area contributed by atoms with Crippen LogP contribution < -0.4 is 5.73 Å². The number of nitrogens with zero attached hydrogens (tertiary/aromatic N) is 2. The van der Waals surface area contributed by atoms with E-state index in [1.165, 1.54) is 0 Å². The van der Waals surface area contributed by atoms with Crippen LogP contribution in [0.4, 0.5) is 5.69 Å². The highest BCUT2D eigenvalue weighted by Crippen LogP contribution is 2.29. The van der Waals surface area contributed by atoms with Crippen molar-refractivity contribution >= 4 is 28.9 Å². The lowest BCUT2D eigenvalue weighted by molar-refractivity contribution is 0.579. The van der Waals surface area contributed by atoms with Gasteiger partial charge >= 0.3 is 0 Å². The molecule has 2 N–H and O–H groups in total. The lowest BCUT2D eigenvalue weighted by atomic mass is 10.3. The largest absolute Gasteiger partial charge is 0.463 e. The smallest absolute Gasteiger partial charge is 0.156 e. The highest BCUT2D eigenvalue weighted by atomic mass is 35.5. The standard InChI is InChI=1S/C13H9Cl2N3O/c14-8-3-4-11(9(15)6-8)18-7-10(16)13(17-18)12-2-1-5-19-12/h1-7H,16H2. The molecule has 1 aromatic carbocycles. The summed E-state index contributed by atoms with van der Waals surface area (Å²) in [5.74, 6) is 0.612. The summed E-state index contributed by atoms with van der Waals surface area (Å²) in [5.41, 5.74) is 7.74.